The molecule has 2 N–H and O–H groups in total. The van der Waals surface area contributed by atoms with Gasteiger partial charge in [-0.25, -0.2) is 0 Å². The summed E-state index contributed by atoms with van der Waals surface area (Å²) in [6, 6.07) is 0. The van der Waals surface area contributed by atoms with Crippen LogP contribution in [-0.4, -0.2) is 66.1 Å². The van der Waals surface area contributed by atoms with Crippen molar-refractivity contribution < 1.29 is 23.9 Å². The molecule has 164 valence electrons. The summed E-state index contributed by atoms with van der Waals surface area (Å²) < 4.78 is 12.1. The van der Waals surface area contributed by atoms with Crippen LogP contribution in [-0.2, 0) is 23.9 Å². The number of carbonyl (C=O) groups excluding carboxylic acids is 2. The van der Waals surface area contributed by atoms with E-state index in [1.807, 2.05) is 27.7 Å². The predicted molar refractivity (Wildman–Crippen MR) is 110 cm³/mol. The molecule has 0 radical (unpaired) electrons. The number of piperidine rings is 1. The number of nitrogens with zero attached hydrogens (tertiary/aromatic N) is 1. The lowest BCUT2D eigenvalue weighted by Crippen LogP contribution is -2.68. The molecular formula is C21H35N3O5. The normalized spacial score (nSPS) is 22.8. The molecule has 2 fully saturated rings. The molecule has 2 saturated heterocycles. The van der Waals surface area contributed by atoms with Crippen molar-refractivity contribution >= 4 is 11.8 Å². The molecule has 2 amide bonds. The molecule has 0 bridgehead atoms. The molecule has 0 aliphatic carbocycles. The van der Waals surface area contributed by atoms with Gasteiger partial charge in [-0.15, -0.1) is 13.2 Å². The summed E-state index contributed by atoms with van der Waals surface area (Å²) in [7, 11) is 0. The zero-order valence-electron chi connectivity index (χ0n) is 18.1. The van der Waals surface area contributed by atoms with Crippen molar-refractivity contribution in [2.75, 3.05) is 26.3 Å². The van der Waals surface area contributed by atoms with Crippen LogP contribution in [0.4, 0.5) is 0 Å². The molecule has 0 aromatic carbocycles. The molecule has 0 unspecified atom stereocenters. The first-order chi connectivity index (χ1) is 13.6. The summed E-state index contributed by atoms with van der Waals surface area (Å²) in [6.07, 6.45) is 3.74. The second-order valence-corrected chi connectivity index (χ2v) is 8.79. The Morgan fingerprint density at radius 3 is 1.86 bits per heavy atom. The summed E-state index contributed by atoms with van der Waals surface area (Å²) in [5.74, 6) is -1.73. The van der Waals surface area contributed by atoms with Gasteiger partial charge in [-0.1, -0.05) is 12.2 Å². The Balaban J connectivity index is 2.25. The van der Waals surface area contributed by atoms with Crippen molar-refractivity contribution in [3.63, 3.8) is 0 Å². The van der Waals surface area contributed by atoms with Crippen LogP contribution in [0, 0.1) is 0 Å². The Labute approximate surface area is 173 Å². The van der Waals surface area contributed by atoms with Gasteiger partial charge < -0.3 is 20.1 Å². The van der Waals surface area contributed by atoms with Crippen LogP contribution in [0.5, 0.6) is 0 Å². The van der Waals surface area contributed by atoms with E-state index in [1.165, 1.54) is 0 Å². The first-order valence-electron chi connectivity index (χ1n) is 10.1. The van der Waals surface area contributed by atoms with Gasteiger partial charge in [0.1, 0.15) is 0 Å². The maximum atomic E-state index is 12.7. The lowest BCUT2D eigenvalue weighted by molar-refractivity contribution is -0.371. The van der Waals surface area contributed by atoms with Crippen molar-refractivity contribution in [3.8, 4) is 0 Å². The predicted octanol–water partition coefficient (Wildman–Crippen LogP) is 1.68. The second kappa shape index (κ2) is 9.38. The molecule has 0 aromatic heterocycles. The molecule has 0 aromatic rings. The monoisotopic (exact) mass is 409 g/mol. The van der Waals surface area contributed by atoms with Gasteiger partial charge in [0.2, 0.25) is 6.10 Å². The van der Waals surface area contributed by atoms with E-state index in [9.17, 15) is 9.59 Å². The minimum absolute atomic E-state index is 0.241. The second-order valence-electron chi connectivity index (χ2n) is 8.79. The molecule has 2 aliphatic heterocycles. The van der Waals surface area contributed by atoms with Crippen molar-refractivity contribution in [3.05, 3.63) is 25.3 Å². The molecule has 1 spiro atoms. The number of nitrogens with one attached hydrogen (secondary N) is 2. The fourth-order valence-corrected chi connectivity index (χ4v) is 4.30. The minimum Gasteiger partial charge on any atom is -0.350 e. The Morgan fingerprint density at radius 2 is 1.45 bits per heavy atom. The fraction of sp³-hybridized carbons (Fsp3) is 0.714. The average molecular weight is 410 g/mol. The Bertz CT molecular complexity index is 582. The lowest BCUT2D eigenvalue weighted by atomic mass is 9.77. The molecule has 0 saturated carbocycles. The van der Waals surface area contributed by atoms with Gasteiger partial charge in [-0.3, -0.25) is 14.4 Å². The average Bonchev–Trinajstić information content (AvgIpc) is 2.63. The first-order valence-corrected chi connectivity index (χ1v) is 10.1. The van der Waals surface area contributed by atoms with Crippen LogP contribution in [0.25, 0.3) is 0 Å². The Kier molecular flexibility index (Phi) is 7.62. The summed E-state index contributed by atoms with van der Waals surface area (Å²) in [4.78, 5) is 31.4. The van der Waals surface area contributed by atoms with Gasteiger partial charge in [0, 0.05) is 37.0 Å². The van der Waals surface area contributed by atoms with Gasteiger partial charge in [0.25, 0.3) is 11.8 Å². The van der Waals surface area contributed by atoms with Crippen LogP contribution in [0.3, 0.4) is 0 Å². The molecule has 8 nitrogen and oxygen atoms in total. The highest BCUT2D eigenvalue weighted by Gasteiger charge is 2.56. The SMILES string of the molecule is C=CCNC(=O)C(ON1C(C)(C)CC2(CC1(C)C)OCCCO2)C(=O)NCC=C. The van der Waals surface area contributed by atoms with Gasteiger partial charge in [-0.05, 0) is 34.1 Å². The molecule has 2 aliphatic rings. The highest BCUT2D eigenvalue weighted by molar-refractivity contribution is 6.03. The van der Waals surface area contributed by atoms with Crippen LogP contribution in [0.2, 0.25) is 0 Å². The number of amides is 2. The number of hydrogen-bond donors (Lipinski definition) is 2. The van der Waals surface area contributed by atoms with Gasteiger partial charge in [0.15, 0.2) is 5.79 Å². The number of ether oxygens (including phenoxy) is 2. The van der Waals surface area contributed by atoms with Crippen molar-refractivity contribution in [1.29, 1.82) is 0 Å². The standard InChI is InChI=1S/C21H35N3O5/c1-7-10-22-17(25)16(18(26)23-11-8-2)29-24-19(3,4)14-21(15-20(24,5)6)27-12-9-13-28-21/h7-8,16H,1-2,9-15H2,3-6H3,(H,22,25)(H,23,26). The van der Waals surface area contributed by atoms with Gasteiger partial charge >= 0.3 is 0 Å². The quantitative estimate of drug-likeness (QED) is 0.468. The summed E-state index contributed by atoms with van der Waals surface area (Å²) in [6.45, 7) is 17.0. The third-order valence-corrected chi connectivity index (χ3v) is 5.05. The molecule has 29 heavy (non-hydrogen) atoms. The topological polar surface area (TPSA) is 89.1 Å². The molecule has 2 heterocycles. The highest BCUT2D eigenvalue weighted by atomic mass is 16.7. The molecule has 0 atom stereocenters. The van der Waals surface area contributed by atoms with Crippen LogP contribution >= 0.6 is 0 Å². The lowest BCUT2D eigenvalue weighted by Gasteiger charge is -2.58. The summed E-state index contributed by atoms with van der Waals surface area (Å²) >= 11 is 0. The zero-order chi connectivity index (χ0) is 21.7. The minimum atomic E-state index is -1.34. The van der Waals surface area contributed by atoms with Crippen molar-refractivity contribution in [2.45, 2.75) is 69.9 Å². The van der Waals surface area contributed by atoms with E-state index in [2.05, 4.69) is 23.8 Å². The Hall–Kier alpha value is -1.74. The van der Waals surface area contributed by atoms with Crippen molar-refractivity contribution in [2.24, 2.45) is 0 Å². The third-order valence-electron chi connectivity index (χ3n) is 5.05. The number of hydrogen-bond acceptors (Lipinski definition) is 6. The van der Waals surface area contributed by atoms with Gasteiger partial charge in [0.05, 0.1) is 13.2 Å². The summed E-state index contributed by atoms with van der Waals surface area (Å²) in [5, 5.41) is 7.04. The number of rotatable bonds is 8. The fourth-order valence-electron chi connectivity index (χ4n) is 4.30. The summed E-state index contributed by atoms with van der Waals surface area (Å²) in [5.41, 5.74) is -1.09. The van der Waals surface area contributed by atoms with Crippen molar-refractivity contribution in [1.82, 2.24) is 15.7 Å². The van der Waals surface area contributed by atoms with E-state index in [0.29, 0.717) is 26.1 Å². The zero-order valence-corrected chi connectivity index (χ0v) is 18.1. The maximum absolute atomic E-state index is 12.7. The maximum Gasteiger partial charge on any atom is 0.261 e. The van der Waals surface area contributed by atoms with E-state index >= 15 is 0 Å². The first kappa shape index (κ1) is 23.5. The van der Waals surface area contributed by atoms with E-state index in [0.717, 1.165) is 6.42 Å². The molecule has 2 rings (SSSR count). The molecule has 8 heteroatoms. The highest BCUT2D eigenvalue weighted by Crippen LogP contribution is 2.47. The third kappa shape index (κ3) is 5.66. The smallest absolute Gasteiger partial charge is 0.261 e. The Morgan fingerprint density at radius 1 is 1.00 bits per heavy atom. The van der Waals surface area contributed by atoms with Gasteiger partial charge in [-0.2, -0.15) is 5.06 Å². The number of hydroxylamine groups is 2. The van der Waals surface area contributed by atoms with Crippen LogP contribution in [0.1, 0.15) is 47.0 Å². The van der Waals surface area contributed by atoms with E-state index in [1.54, 1.807) is 17.2 Å². The van der Waals surface area contributed by atoms with E-state index < -0.39 is 34.8 Å². The van der Waals surface area contributed by atoms with Crippen LogP contribution in [0.15, 0.2) is 25.3 Å². The van der Waals surface area contributed by atoms with E-state index in [4.69, 9.17) is 14.3 Å². The van der Waals surface area contributed by atoms with E-state index in [-0.39, 0.29) is 13.1 Å². The largest absolute Gasteiger partial charge is 0.350 e. The molecular weight excluding hydrogens is 374 g/mol. The number of carbonyl (C=O) groups is 2. The van der Waals surface area contributed by atoms with Crippen LogP contribution < -0.4 is 10.6 Å².